The van der Waals surface area contributed by atoms with Crippen LogP contribution in [0.2, 0.25) is 0 Å². The van der Waals surface area contributed by atoms with Crippen LogP contribution in [-0.4, -0.2) is 31.8 Å². The van der Waals surface area contributed by atoms with E-state index in [4.69, 9.17) is 15.2 Å². The van der Waals surface area contributed by atoms with E-state index in [1.54, 1.807) is 0 Å². The van der Waals surface area contributed by atoms with Gasteiger partial charge in [0, 0.05) is 6.42 Å². The van der Waals surface area contributed by atoms with Gasteiger partial charge in [-0.1, -0.05) is 6.42 Å². The van der Waals surface area contributed by atoms with Crippen molar-refractivity contribution >= 4 is 5.97 Å². The Kier molecular flexibility index (Phi) is 4.78. The van der Waals surface area contributed by atoms with Crippen LogP contribution in [0, 0.1) is 0 Å². The van der Waals surface area contributed by atoms with Crippen LogP contribution in [0.25, 0.3) is 0 Å². The van der Waals surface area contributed by atoms with Gasteiger partial charge >= 0.3 is 5.97 Å². The molecule has 1 rings (SSSR count). The summed E-state index contributed by atoms with van der Waals surface area (Å²) in [4.78, 5) is 11.0. The number of esters is 1. The minimum atomic E-state index is -0.118. The van der Waals surface area contributed by atoms with Crippen molar-refractivity contribution in [1.29, 1.82) is 0 Å². The van der Waals surface area contributed by atoms with E-state index >= 15 is 0 Å². The predicted octanol–water partition coefficient (Wildman–Crippen LogP) is 0.448. The number of nitrogens with two attached hydrogens (primary N) is 1. The lowest BCUT2D eigenvalue weighted by Gasteiger charge is -2.01. The Morgan fingerprint density at radius 1 is 1.46 bits per heavy atom. The van der Waals surface area contributed by atoms with Gasteiger partial charge in [-0.2, -0.15) is 0 Å². The Hall–Kier alpha value is -0.610. The molecule has 1 fully saturated rings. The minimum absolute atomic E-state index is 0.118. The molecule has 76 valence electrons. The molecule has 0 radical (unpaired) electrons. The van der Waals surface area contributed by atoms with Crippen LogP contribution in [0.15, 0.2) is 0 Å². The number of epoxide rings is 1. The molecular formula is C9H17NO3. The summed E-state index contributed by atoms with van der Waals surface area (Å²) in [7, 11) is 0. The van der Waals surface area contributed by atoms with Crippen LogP contribution in [0.4, 0.5) is 0 Å². The standard InChI is InChI=1S/C9H17NO3/c10-5-3-1-2-4-9(11)13-7-8-6-12-8/h8H,1-7,10H2. The van der Waals surface area contributed by atoms with E-state index in [0.29, 0.717) is 19.6 Å². The first kappa shape index (κ1) is 10.5. The molecule has 0 amide bonds. The van der Waals surface area contributed by atoms with Crippen LogP contribution in [0.5, 0.6) is 0 Å². The highest BCUT2D eigenvalue weighted by Gasteiger charge is 2.23. The smallest absolute Gasteiger partial charge is 0.305 e. The van der Waals surface area contributed by atoms with Crippen molar-refractivity contribution in [2.75, 3.05) is 19.8 Å². The number of unbranched alkanes of at least 4 members (excludes halogenated alkanes) is 2. The number of rotatable bonds is 7. The van der Waals surface area contributed by atoms with Gasteiger partial charge in [0.2, 0.25) is 0 Å². The van der Waals surface area contributed by atoms with Gasteiger partial charge in [-0.25, -0.2) is 0 Å². The molecule has 0 spiro atoms. The molecule has 1 unspecified atom stereocenters. The summed E-state index contributed by atoms with van der Waals surface area (Å²) in [5.74, 6) is -0.118. The van der Waals surface area contributed by atoms with E-state index < -0.39 is 0 Å². The second-order valence-electron chi connectivity index (χ2n) is 3.24. The first-order chi connectivity index (χ1) is 6.33. The fraction of sp³-hybridized carbons (Fsp3) is 0.889. The summed E-state index contributed by atoms with van der Waals surface area (Å²) >= 11 is 0. The SMILES string of the molecule is NCCCCCC(=O)OCC1CO1. The van der Waals surface area contributed by atoms with E-state index in [-0.39, 0.29) is 12.1 Å². The Balaban J connectivity index is 1.84. The molecule has 0 aliphatic carbocycles. The van der Waals surface area contributed by atoms with Gasteiger partial charge in [-0.3, -0.25) is 4.79 Å². The third-order valence-corrected chi connectivity index (χ3v) is 1.92. The zero-order valence-electron chi connectivity index (χ0n) is 7.83. The number of carbonyl (C=O) groups is 1. The molecule has 1 heterocycles. The van der Waals surface area contributed by atoms with Crippen LogP contribution in [0.1, 0.15) is 25.7 Å². The Bertz CT molecular complexity index is 157. The van der Waals surface area contributed by atoms with Crippen LogP contribution in [0.3, 0.4) is 0 Å². The third-order valence-electron chi connectivity index (χ3n) is 1.92. The molecule has 0 saturated carbocycles. The van der Waals surface area contributed by atoms with Crippen molar-refractivity contribution in [3.8, 4) is 0 Å². The van der Waals surface area contributed by atoms with Gasteiger partial charge in [-0.05, 0) is 19.4 Å². The first-order valence-electron chi connectivity index (χ1n) is 4.80. The maximum absolute atomic E-state index is 11.0. The summed E-state index contributed by atoms with van der Waals surface area (Å²) < 4.78 is 9.86. The van der Waals surface area contributed by atoms with E-state index in [1.807, 2.05) is 0 Å². The average molecular weight is 187 g/mol. The Labute approximate surface area is 78.4 Å². The largest absolute Gasteiger partial charge is 0.463 e. The lowest BCUT2D eigenvalue weighted by molar-refractivity contribution is -0.144. The Morgan fingerprint density at radius 2 is 2.23 bits per heavy atom. The van der Waals surface area contributed by atoms with Gasteiger partial charge in [0.25, 0.3) is 0 Å². The maximum Gasteiger partial charge on any atom is 0.305 e. The highest BCUT2D eigenvalue weighted by atomic mass is 16.6. The molecule has 1 aliphatic heterocycles. The van der Waals surface area contributed by atoms with Crippen molar-refractivity contribution in [3.63, 3.8) is 0 Å². The van der Waals surface area contributed by atoms with Gasteiger partial charge in [0.15, 0.2) is 0 Å². The molecule has 13 heavy (non-hydrogen) atoms. The van der Waals surface area contributed by atoms with E-state index in [1.165, 1.54) is 0 Å². The highest BCUT2D eigenvalue weighted by molar-refractivity contribution is 5.69. The second-order valence-corrected chi connectivity index (χ2v) is 3.24. The van der Waals surface area contributed by atoms with Crippen LogP contribution in [-0.2, 0) is 14.3 Å². The minimum Gasteiger partial charge on any atom is -0.463 e. The zero-order valence-corrected chi connectivity index (χ0v) is 7.83. The molecule has 2 N–H and O–H groups in total. The van der Waals surface area contributed by atoms with E-state index in [9.17, 15) is 4.79 Å². The third kappa shape index (κ3) is 5.60. The van der Waals surface area contributed by atoms with Crippen molar-refractivity contribution in [2.45, 2.75) is 31.8 Å². The molecule has 0 aromatic heterocycles. The zero-order chi connectivity index (χ0) is 9.52. The lowest BCUT2D eigenvalue weighted by atomic mass is 10.2. The topological polar surface area (TPSA) is 64.9 Å². The van der Waals surface area contributed by atoms with E-state index in [2.05, 4.69) is 0 Å². The molecule has 4 nitrogen and oxygen atoms in total. The summed E-state index contributed by atoms with van der Waals surface area (Å²) in [5, 5.41) is 0. The normalized spacial score (nSPS) is 19.9. The molecule has 0 aromatic rings. The van der Waals surface area contributed by atoms with Crippen LogP contribution < -0.4 is 5.73 Å². The first-order valence-corrected chi connectivity index (χ1v) is 4.80. The second kappa shape index (κ2) is 5.94. The monoisotopic (exact) mass is 187 g/mol. The van der Waals surface area contributed by atoms with E-state index in [0.717, 1.165) is 25.9 Å². The van der Waals surface area contributed by atoms with Gasteiger partial charge < -0.3 is 15.2 Å². The molecule has 1 saturated heterocycles. The molecule has 0 bridgehead atoms. The summed E-state index contributed by atoms with van der Waals surface area (Å²) in [6, 6.07) is 0. The number of hydrogen-bond acceptors (Lipinski definition) is 4. The summed E-state index contributed by atoms with van der Waals surface area (Å²) in [6.07, 6.45) is 3.55. The number of hydrogen-bond donors (Lipinski definition) is 1. The molecular weight excluding hydrogens is 170 g/mol. The molecule has 0 aromatic carbocycles. The van der Waals surface area contributed by atoms with Crippen molar-refractivity contribution in [3.05, 3.63) is 0 Å². The fourth-order valence-electron chi connectivity index (χ4n) is 1.01. The van der Waals surface area contributed by atoms with Crippen molar-refractivity contribution in [1.82, 2.24) is 0 Å². The van der Waals surface area contributed by atoms with Gasteiger partial charge in [0.05, 0.1) is 6.61 Å². The highest BCUT2D eigenvalue weighted by Crippen LogP contribution is 2.09. The summed E-state index contributed by atoms with van der Waals surface area (Å²) in [5.41, 5.74) is 5.32. The van der Waals surface area contributed by atoms with Crippen LogP contribution >= 0.6 is 0 Å². The van der Waals surface area contributed by atoms with Crippen molar-refractivity contribution in [2.24, 2.45) is 5.73 Å². The average Bonchev–Trinajstić information content (AvgIpc) is 2.92. The van der Waals surface area contributed by atoms with Gasteiger partial charge in [-0.15, -0.1) is 0 Å². The molecule has 4 heteroatoms. The maximum atomic E-state index is 11.0. The molecule has 1 atom stereocenters. The fourth-order valence-corrected chi connectivity index (χ4v) is 1.01. The van der Waals surface area contributed by atoms with Gasteiger partial charge in [0.1, 0.15) is 12.7 Å². The lowest BCUT2D eigenvalue weighted by Crippen LogP contribution is -2.09. The molecule has 1 aliphatic rings. The Morgan fingerprint density at radius 3 is 2.85 bits per heavy atom. The quantitative estimate of drug-likeness (QED) is 0.357. The number of carbonyl (C=O) groups excluding carboxylic acids is 1. The number of ether oxygens (including phenoxy) is 2. The summed E-state index contributed by atoms with van der Waals surface area (Å²) in [6.45, 7) is 1.86. The van der Waals surface area contributed by atoms with Crippen molar-refractivity contribution < 1.29 is 14.3 Å². The predicted molar refractivity (Wildman–Crippen MR) is 48.2 cm³/mol.